The van der Waals surface area contributed by atoms with Crippen LogP contribution < -0.4 is 14.4 Å². The van der Waals surface area contributed by atoms with Gasteiger partial charge in [-0.3, -0.25) is 14.6 Å². The molecule has 0 aliphatic carbocycles. The average molecular weight is 473 g/mol. The molecular weight excluding hydrogens is 440 g/mol. The maximum absolute atomic E-state index is 5.57. The van der Waals surface area contributed by atoms with Crippen LogP contribution >= 0.6 is 0 Å². The molecule has 2 aromatic carbocycles. The standard InChI is InChI=1S/C27H32N6O2/c1-19-6-5-9-32(19)10-11-33(22-12-23(34-3)15-24(13-22)35-4)21-7-8-25-26(14-21)30-27(17-28-25)20-16-29-31(2)18-20/h7-8,12-19H,5-6,9-11H2,1-4H3. The van der Waals surface area contributed by atoms with Gasteiger partial charge >= 0.3 is 0 Å². The van der Waals surface area contributed by atoms with Crippen LogP contribution in [0.3, 0.4) is 0 Å². The maximum Gasteiger partial charge on any atom is 0.124 e. The molecule has 8 heteroatoms. The Morgan fingerprint density at radius 2 is 1.80 bits per heavy atom. The maximum atomic E-state index is 5.57. The summed E-state index contributed by atoms with van der Waals surface area (Å²) in [7, 11) is 5.26. The summed E-state index contributed by atoms with van der Waals surface area (Å²) in [6.45, 7) is 5.27. The summed E-state index contributed by atoms with van der Waals surface area (Å²) >= 11 is 0. The predicted octanol–water partition coefficient (Wildman–Crippen LogP) is 4.67. The predicted molar refractivity (Wildman–Crippen MR) is 139 cm³/mol. The van der Waals surface area contributed by atoms with Crippen molar-refractivity contribution in [1.82, 2.24) is 24.6 Å². The summed E-state index contributed by atoms with van der Waals surface area (Å²) in [5.74, 6) is 1.52. The molecule has 182 valence electrons. The molecule has 1 aliphatic heterocycles. The van der Waals surface area contributed by atoms with E-state index in [0.29, 0.717) is 6.04 Å². The normalized spacial score (nSPS) is 16.1. The number of aromatic nitrogens is 4. The van der Waals surface area contributed by atoms with Crippen molar-refractivity contribution >= 4 is 22.4 Å². The Kier molecular flexibility index (Phi) is 6.55. The van der Waals surface area contributed by atoms with Crippen molar-refractivity contribution in [2.24, 2.45) is 7.05 Å². The first-order valence-electron chi connectivity index (χ1n) is 12.0. The van der Waals surface area contributed by atoms with Crippen molar-refractivity contribution in [3.63, 3.8) is 0 Å². The van der Waals surface area contributed by atoms with Gasteiger partial charge in [0.1, 0.15) is 11.5 Å². The number of ether oxygens (including phenoxy) is 2. The second-order valence-corrected chi connectivity index (χ2v) is 9.08. The zero-order valence-corrected chi connectivity index (χ0v) is 20.8. The van der Waals surface area contributed by atoms with Crippen LogP contribution in [0.15, 0.2) is 55.0 Å². The monoisotopic (exact) mass is 472 g/mol. The molecule has 3 heterocycles. The van der Waals surface area contributed by atoms with Crippen LogP contribution in [0.2, 0.25) is 0 Å². The fourth-order valence-corrected chi connectivity index (χ4v) is 4.77. The van der Waals surface area contributed by atoms with E-state index in [4.69, 9.17) is 14.5 Å². The van der Waals surface area contributed by atoms with Crippen molar-refractivity contribution < 1.29 is 9.47 Å². The number of benzene rings is 2. The lowest BCUT2D eigenvalue weighted by atomic mass is 10.2. The molecule has 0 spiro atoms. The number of fused-ring (bicyclic) bond motifs is 1. The average Bonchev–Trinajstić information content (AvgIpc) is 3.51. The third-order valence-electron chi connectivity index (χ3n) is 6.79. The number of hydrogen-bond acceptors (Lipinski definition) is 7. The Balaban J connectivity index is 1.54. The lowest BCUT2D eigenvalue weighted by Gasteiger charge is -2.30. The van der Waals surface area contributed by atoms with Crippen LogP contribution in [-0.2, 0) is 7.05 Å². The van der Waals surface area contributed by atoms with Gasteiger partial charge in [0.25, 0.3) is 0 Å². The Morgan fingerprint density at radius 1 is 1.00 bits per heavy atom. The summed E-state index contributed by atoms with van der Waals surface area (Å²) in [5, 5.41) is 4.27. The lowest BCUT2D eigenvalue weighted by molar-refractivity contribution is 0.276. The minimum Gasteiger partial charge on any atom is -0.497 e. The minimum absolute atomic E-state index is 0.612. The Labute approximate surface area is 206 Å². The van der Waals surface area contributed by atoms with Gasteiger partial charge < -0.3 is 14.4 Å². The number of nitrogens with zero attached hydrogens (tertiary/aromatic N) is 6. The largest absolute Gasteiger partial charge is 0.497 e. The van der Waals surface area contributed by atoms with E-state index in [9.17, 15) is 0 Å². The molecule has 0 bridgehead atoms. The third kappa shape index (κ3) is 4.93. The fourth-order valence-electron chi connectivity index (χ4n) is 4.77. The van der Waals surface area contributed by atoms with Crippen LogP contribution in [0.1, 0.15) is 19.8 Å². The van der Waals surface area contributed by atoms with E-state index in [2.05, 4.69) is 51.1 Å². The van der Waals surface area contributed by atoms with Crippen molar-refractivity contribution in [2.75, 3.05) is 38.8 Å². The first-order chi connectivity index (χ1) is 17.0. The molecule has 0 saturated carbocycles. The van der Waals surface area contributed by atoms with Gasteiger partial charge in [-0.2, -0.15) is 5.10 Å². The van der Waals surface area contributed by atoms with Crippen LogP contribution in [-0.4, -0.2) is 64.5 Å². The van der Waals surface area contributed by atoms with Gasteiger partial charge in [0.15, 0.2) is 0 Å². The van der Waals surface area contributed by atoms with Crippen LogP contribution in [0.4, 0.5) is 11.4 Å². The van der Waals surface area contributed by atoms with Crippen molar-refractivity contribution in [2.45, 2.75) is 25.8 Å². The number of likely N-dealkylation sites (tertiary alicyclic amines) is 1. The highest BCUT2D eigenvalue weighted by Crippen LogP contribution is 2.34. The molecule has 8 nitrogen and oxygen atoms in total. The van der Waals surface area contributed by atoms with E-state index in [1.54, 1.807) is 25.1 Å². The van der Waals surface area contributed by atoms with E-state index < -0.39 is 0 Å². The zero-order chi connectivity index (χ0) is 24.4. The summed E-state index contributed by atoms with van der Waals surface area (Å²) in [6.07, 6.45) is 8.09. The molecule has 0 amide bonds. The second-order valence-electron chi connectivity index (χ2n) is 9.08. The molecule has 4 aromatic rings. The van der Waals surface area contributed by atoms with Gasteiger partial charge in [-0.15, -0.1) is 0 Å². The Morgan fingerprint density at radius 3 is 2.46 bits per heavy atom. The van der Waals surface area contributed by atoms with E-state index in [1.807, 2.05) is 31.6 Å². The molecule has 0 radical (unpaired) electrons. The molecule has 2 aromatic heterocycles. The van der Waals surface area contributed by atoms with Crippen molar-refractivity contribution in [3.8, 4) is 22.8 Å². The molecule has 35 heavy (non-hydrogen) atoms. The van der Waals surface area contributed by atoms with E-state index in [-0.39, 0.29) is 0 Å². The number of aryl methyl sites for hydroxylation is 1. The van der Waals surface area contributed by atoms with Gasteiger partial charge in [-0.1, -0.05) is 0 Å². The number of anilines is 2. The van der Waals surface area contributed by atoms with Crippen LogP contribution in [0, 0.1) is 0 Å². The Hall–Kier alpha value is -3.65. The van der Waals surface area contributed by atoms with Gasteiger partial charge in [-0.05, 0) is 44.5 Å². The highest BCUT2D eigenvalue weighted by Gasteiger charge is 2.22. The molecule has 1 atom stereocenters. The molecule has 0 N–H and O–H groups in total. The smallest absolute Gasteiger partial charge is 0.124 e. The van der Waals surface area contributed by atoms with Crippen LogP contribution in [0.5, 0.6) is 11.5 Å². The molecular formula is C27H32N6O2. The topological polar surface area (TPSA) is 68.5 Å². The van der Waals surface area contributed by atoms with Gasteiger partial charge in [0, 0.05) is 67.5 Å². The summed E-state index contributed by atoms with van der Waals surface area (Å²) in [6, 6.07) is 12.9. The highest BCUT2D eigenvalue weighted by molar-refractivity contribution is 5.82. The van der Waals surface area contributed by atoms with Crippen molar-refractivity contribution in [1.29, 1.82) is 0 Å². The summed E-state index contributed by atoms with van der Waals surface area (Å²) < 4.78 is 12.9. The summed E-state index contributed by atoms with van der Waals surface area (Å²) in [4.78, 5) is 14.4. The molecule has 1 unspecified atom stereocenters. The zero-order valence-electron chi connectivity index (χ0n) is 20.8. The first-order valence-corrected chi connectivity index (χ1v) is 12.0. The van der Waals surface area contributed by atoms with E-state index >= 15 is 0 Å². The number of hydrogen-bond donors (Lipinski definition) is 0. The molecule has 5 rings (SSSR count). The Bertz CT molecular complexity index is 1300. The highest BCUT2D eigenvalue weighted by atomic mass is 16.5. The summed E-state index contributed by atoms with van der Waals surface area (Å²) in [5.41, 5.74) is 5.53. The van der Waals surface area contributed by atoms with Crippen molar-refractivity contribution in [3.05, 3.63) is 55.0 Å². The molecule has 1 saturated heterocycles. The molecule has 1 aliphatic rings. The van der Waals surface area contributed by atoms with Gasteiger partial charge in [0.2, 0.25) is 0 Å². The first kappa shape index (κ1) is 23.1. The van der Waals surface area contributed by atoms with Crippen LogP contribution in [0.25, 0.3) is 22.3 Å². The molecule has 1 fully saturated rings. The van der Waals surface area contributed by atoms with E-state index in [0.717, 1.165) is 64.8 Å². The third-order valence-corrected chi connectivity index (χ3v) is 6.79. The minimum atomic E-state index is 0.612. The fraction of sp³-hybridized carbons (Fsp3) is 0.370. The van der Waals surface area contributed by atoms with Gasteiger partial charge in [0.05, 0.1) is 43.3 Å². The number of methoxy groups -OCH3 is 2. The quantitative estimate of drug-likeness (QED) is 0.369. The second kappa shape index (κ2) is 9.92. The number of rotatable bonds is 8. The lowest BCUT2D eigenvalue weighted by Crippen LogP contribution is -2.35. The SMILES string of the molecule is COc1cc(OC)cc(N(CCN2CCCC2C)c2ccc3ncc(-c4cnn(C)c4)nc3c2)c1. The van der Waals surface area contributed by atoms with Gasteiger partial charge in [-0.25, -0.2) is 4.98 Å². The van der Waals surface area contributed by atoms with E-state index in [1.165, 1.54) is 12.8 Å².